The van der Waals surface area contributed by atoms with E-state index in [0.717, 1.165) is 32.3 Å². The van der Waals surface area contributed by atoms with Crippen molar-refractivity contribution >= 4 is 44.6 Å². The van der Waals surface area contributed by atoms with E-state index in [9.17, 15) is 5.26 Å². The van der Waals surface area contributed by atoms with Crippen LogP contribution in [0.25, 0.3) is 43.8 Å². The molecule has 5 aromatic rings. The molecule has 0 radical (unpaired) electrons. The van der Waals surface area contributed by atoms with Crippen LogP contribution in [0, 0.1) is 11.3 Å². The second kappa shape index (κ2) is 8.05. The summed E-state index contributed by atoms with van der Waals surface area (Å²) in [6.07, 6.45) is 1.39. The highest BCUT2D eigenvalue weighted by atomic mass is 32.1. The number of thiophene rings is 1. The molecule has 3 heterocycles. The molecule has 0 aliphatic carbocycles. The Bertz CT molecular complexity index is 1430. The van der Waals surface area contributed by atoms with Gasteiger partial charge in [-0.05, 0) is 36.2 Å². The fourth-order valence-corrected chi connectivity index (χ4v) is 4.47. The third kappa shape index (κ3) is 3.45. The highest BCUT2D eigenvalue weighted by molar-refractivity contribution is 7.20. The first-order valence-corrected chi connectivity index (χ1v) is 10.7. The van der Waals surface area contributed by atoms with Crippen LogP contribution in [0.1, 0.15) is 11.8 Å². The van der Waals surface area contributed by atoms with Gasteiger partial charge in [0.2, 0.25) is 0 Å². The van der Waals surface area contributed by atoms with Gasteiger partial charge in [0.25, 0.3) is 0 Å². The van der Waals surface area contributed by atoms with Crippen molar-refractivity contribution in [3.63, 3.8) is 0 Å². The van der Waals surface area contributed by atoms with E-state index in [-0.39, 0.29) is 0 Å². The lowest BCUT2D eigenvalue weighted by atomic mass is 10.0. The van der Waals surface area contributed by atoms with Crippen LogP contribution < -0.4 is 0 Å². The molecule has 0 amide bonds. The van der Waals surface area contributed by atoms with Crippen molar-refractivity contribution in [1.82, 2.24) is 4.98 Å². The van der Waals surface area contributed by atoms with Crippen molar-refractivity contribution in [2.45, 2.75) is 6.92 Å². The van der Waals surface area contributed by atoms with Crippen molar-refractivity contribution in [2.24, 2.45) is 4.99 Å². The number of rotatable bonds is 5. The van der Waals surface area contributed by atoms with Gasteiger partial charge in [0.05, 0.1) is 6.61 Å². The van der Waals surface area contributed by atoms with E-state index >= 15 is 0 Å². The molecule has 0 saturated heterocycles. The maximum atomic E-state index is 9.72. The SMILES string of the molecule is CCOC=Nc1c(C#N)sc2nc(-c3cc4ccccc4o3)cc(-c3ccccc3)c12. The first-order valence-electron chi connectivity index (χ1n) is 9.84. The van der Waals surface area contributed by atoms with Gasteiger partial charge >= 0.3 is 0 Å². The van der Waals surface area contributed by atoms with Gasteiger partial charge in [-0.3, -0.25) is 0 Å². The number of ether oxygens (including phenoxy) is 1. The van der Waals surface area contributed by atoms with E-state index in [1.54, 1.807) is 0 Å². The van der Waals surface area contributed by atoms with E-state index in [0.29, 0.717) is 28.6 Å². The topological polar surface area (TPSA) is 71.4 Å². The Labute approximate surface area is 182 Å². The van der Waals surface area contributed by atoms with E-state index < -0.39 is 0 Å². The number of nitriles is 1. The molecule has 150 valence electrons. The zero-order valence-electron chi connectivity index (χ0n) is 16.7. The number of hydrogen-bond acceptors (Lipinski definition) is 6. The number of fused-ring (bicyclic) bond motifs is 2. The van der Waals surface area contributed by atoms with Crippen molar-refractivity contribution in [1.29, 1.82) is 5.26 Å². The van der Waals surface area contributed by atoms with E-state index in [2.05, 4.69) is 11.1 Å². The lowest BCUT2D eigenvalue weighted by Gasteiger charge is -2.07. The Morgan fingerprint density at radius 2 is 1.94 bits per heavy atom. The number of pyridine rings is 1. The zero-order valence-corrected chi connectivity index (χ0v) is 17.5. The number of furan rings is 1. The zero-order chi connectivity index (χ0) is 21.2. The summed E-state index contributed by atoms with van der Waals surface area (Å²) in [6.45, 7) is 2.40. The molecular formula is C25H17N3O2S. The average Bonchev–Trinajstić information content (AvgIpc) is 3.40. The number of nitrogens with zero attached hydrogens (tertiary/aromatic N) is 3. The van der Waals surface area contributed by atoms with Gasteiger partial charge in [-0.15, -0.1) is 11.3 Å². The molecule has 0 bridgehead atoms. The van der Waals surface area contributed by atoms with Crippen LogP contribution in [0.2, 0.25) is 0 Å². The van der Waals surface area contributed by atoms with Gasteiger partial charge in [0.15, 0.2) is 12.2 Å². The monoisotopic (exact) mass is 423 g/mol. The predicted octanol–water partition coefficient (Wildman–Crippen LogP) is 6.94. The Balaban J connectivity index is 1.79. The van der Waals surface area contributed by atoms with E-state index in [4.69, 9.17) is 14.1 Å². The van der Waals surface area contributed by atoms with Gasteiger partial charge < -0.3 is 9.15 Å². The molecule has 5 rings (SSSR count). The normalized spacial score (nSPS) is 11.4. The summed E-state index contributed by atoms with van der Waals surface area (Å²) in [5.41, 5.74) is 4.07. The first-order chi connectivity index (χ1) is 15.3. The number of benzene rings is 2. The summed E-state index contributed by atoms with van der Waals surface area (Å²) < 4.78 is 11.4. The molecule has 0 spiro atoms. The maximum absolute atomic E-state index is 9.72. The van der Waals surface area contributed by atoms with Crippen molar-refractivity contribution in [2.75, 3.05) is 6.61 Å². The van der Waals surface area contributed by atoms with Gasteiger partial charge in [0.1, 0.15) is 32.7 Å². The molecule has 0 atom stereocenters. The molecule has 0 saturated carbocycles. The number of aromatic nitrogens is 1. The van der Waals surface area contributed by atoms with Crippen molar-refractivity contribution in [3.05, 3.63) is 71.6 Å². The Morgan fingerprint density at radius 1 is 1.13 bits per heavy atom. The Kier molecular flexibility index (Phi) is 4.95. The third-order valence-electron chi connectivity index (χ3n) is 4.92. The lowest BCUT2D eigenvalue weighted by Crippen LogP contribution is -1.87. The standard InChI is InChI=1S/C25H17N3O2S/c1-2-29-15-27-24-22(14-26)31-25-23(24)18(16-8-4-3-5-9-16)13-19(28-25)21-12-17-10-6-7-11-20(17)30-21/h3-13,15H,2H2,1H3. The molecule has 0 fully saturated rings. The molecule has 31 heavy (non-hydrogen) atoms. The van der Waals surface area contributed by atoms with E-state index in [1.807, 2.05) is 73.7 Å². The molecule has 3 aromatic heterocycles. The number of para-hydroxylation sites is 1. The van der Waals surface area contributed by atoms with Crippen molar-refractivity contribution < 1.29 is 9.15 Å². The van der Waals surface area contributed by atoms with Crippen LogP contribution in [-0.4, -0.2) is 18.0 Å². The molecule has 0 aliphatic rings. The van der Waals surface area contributed by atoms with Gasteiger partial charge in [-0.1, -0.05) is 48.5 Å². The smallest absolute Gasteiger partial charge is 0.174 e. The number of hydrogen-bond donors (Lipinski definition) is 0. The second-order valence-corrected chi connectivity index (χ2v) is 7.83. The molecule has 2 aromatic carbocycles. The van der Waals surface area contributed by atoms with Crippen molar-refractivity contribution in [3.8, 4) is 28.7 Å². The highest BCUT2D eigenvalue weighted by Crippen LogP contribution is 2.44. The van der Waals surface area contributed by atoms with Crippen LogP contribution in [-0.2, 0) is 4.74 Å². The molecule has 5 nitrogen and oxygen atoms in total. The Hall–Kier alpha value is -3.95. The highest BCUT2D eigenvalue weighted by Gasteiger charge is 2.20. The minimum absolute atomic E-state index is 0.498. The first kappa shape index (κ1) is 19.0. The number of aliphatic imine (C=N–C) groups is 1. The van der Waals surface area contributed by atoms with Gasteiger partial charge in [0, 0.05) is 10.8 Å². The Morgan fingerprint density at radius 3 is 2.71 bits per heavy atom. The summed E-state index contributed by atoms with van der Waals surface area (Å²) in [5, 5.41) is 11.6. The minimum Gasteiger partial charge on any atom is -0.483 e. The van der Waals surface area contributed by atoms with E-state index in [1.165, 1.54) is 17.7 Å². The summed E-state index contributed by atoms with van der Waals surface area (Å²) in [7, 11) is 0. The molecule has 6 heteroatoms. The fourth-order valence-electron chi connectivity index (χ4n) is 3.53. The quantitative estimate of drug-likeness (QED) is 0.227. The minimum atomic E-state index is 0.498. The van der Waals surface area contributed by atoms with Gasteiger partial charge in [-0.25, -0.2) is 9.98 Å². The van der Waals surface area contributed by atoms with Gasteiger partial charge in [-0.2, -0.15) is 5.26 Å². The third-order valence-corrected chi connectivity index (χ3v) is 5.90. The van der Waals surface area contributed by atoms with Crippen LogP contribution in [0.3, 0.4) is 0 Å². The van der Waals surface area contributed by atoms with Crippen LogP contribution in [0.15, 0.2) is 76.1 Å². The summed E-state index contributed by atoms with van der Waals surface area (Å²) >= 11 is 1.32. The van der Waals surface area contributed by atoms with Crippen LogP contribution in [0.4, 0.5) is 5.69 Å². The summed E-state index contributed by atoms with van der Waals surface area (Å²) in [4.78, 5) is 10.5. The average molecular weight is 423 g/mol. The van der Waals surface area contributed by atoms with Crippen LogP contribution >= 0.6 is 11.3 Å². The van der Waals surface area contributed by atoms with Crippen LogP contribution in [0.5, 0.6) is 0 Å². The molecule has 0 unspecified atom stereocenters. The summed E-state index contributed by atoms with van der Waals surface area (Å²) in [6, 6.07) is 24.2. The molecule has 0 N–H and O–H groups in total. The lowest BCUT2D eigenvalue weighted by molar-refractivity contribution is 0.344. The largest absolute Gasteiger partial charge is 0.483 e. The molecular weight excluding hydrogens is 406 g/mol. The summed E-state index contributed by atoms with van der Waals surface area (Å²) in [5.74, 6) is 0.687. The molecule has 0 aliphatic heterocycles. The second-order valence-electron chi connectivity index (χ2n) is 6.83. The maximum Gasteiger partial charge on any atom is 0.174 e. The predicted molar refractivity (Wildman–Crippen MR) is 125 cm³/mol. The fraction of sp³-hybridized carbons (Fsp3) is 0.0800.